The lowest BCUT2D eigenvalue weighted by molar-refractivity contribution is -0.137. The molecule has 0 N–H and O–H groups in total. The van der Waals surface area contributed by atoms with Gasteiger partial charge in [0, 0.05) is 43.9 Å². The Labute approximate surface area is 166 Å². The Bertz CT molecular complexity index is 761. The summed E-state index contributed by atoms with van der Waals surface area (Å²) < 4.78 is 4.96. The fourth-order valence-electron chi connectivity index (χ4n) is 3.90. The average molecular weight is 381 g/mol. The van der Waals surface area contributed by atoms with Gasteiger partial charge in [0.15, 0.2) is 0 Å². The number of hydrogen-bond donors (Lipinski definition) is 0. The molecule has 6 heteroatoms. The molecule has 3 rings (SSSR count). The zero-order valence-electron chi connectivity index (χ0n) is 16.4. The summed E-state index contributed by atoms with van der Waals surface area (Å²) in [7, 11) is 0. The molecule has 1 aromatic rings. The largest absolute Gasteiger partial charge is 0.463 e. The number of amides is 1. The Morgan fingerprint density at radius 1 is 1.14 bits per heavy atom. The first-order chi connectivity index (χ1) is 13.6. The number of rotatable bonds is 4. The van der Waals surface area contributed by atoms with Gasteiger partial charge in [-0.2, -0.15) is 5.26 Å². The van der Waals surface area contributed by atoms with Crippen molar-refractivity contribution in [2.75, 3.05) is 37.7 Å². The maximum Gasteiger partial charge on any atom is 0.330 e. The lowest BCUT2D eigenvalue weighted by atomic mass is 9.93. The molecule has 2 fully saturated rings. The van der Waals surface area contributed by atoms with E-state index < -0.39 is 0 Å². The normalized spacial score (nSPS) is 17.8. The number of nitriles is 1. The predicted molar refractivity (Wildman–Crippen MR) is 107 cm³/mol. The molecule has 28 heavy (non-hydrogen) atoms. The number of benzene rings is 1. The number of anilines is 1. The smallest absolute Gasteiger partial charge is 0.330 e. The van der Waals surface area contributed by atoms with Gasteiger partial charge in [0.25, 0.3) is 0 Å². The van der Waals surface area contributed by atoms with Crippen molar-refractivity contribution < 1.29 is 14.3 Å². The van der Waals surface area contributed by atoms with Gasteiger partial charge in [-0.1, -0.05) is 5.57 Å². The SMILES string of the molecule is CCOC(=O)C=C1CCN(C(=O)C2CCN(c3ccc(C#N)cc3)CC2)CC1. The van der Waals surface area contributed by atoms with Crippen molar-refractivity contribution in [3.05, 3.63) is 41.5 Å². The number of piperidine rings is 2. The van der Waals surface area contributed by atoms with Crippen LogP contribution in [0, 0.1) is 17.2 Å². The summed E-state index contributed by atoms with van der Waals surface area (Å²) in [5, 5.41) is 8.91. The second kappa shape index (κ2) is 9.41. The van der Waals surface area contributed by atoms with Gasteiger partial charge in [-0.3, -0.25) is 4.79 Å². The molecule has 2 aliphatic rings. The minimum absolute atomic E-state index is 0.0743. The molecule has 2 heterocycles. The molecule has 0 atom stereocenters. The van der Waals surface area contributed by atoms with Crippen LogP contribution in [0.15, 0.2) is 35.9 Å². The van der Waals surface area contributed by atoms with Crippen molar-refractivity contribution in [1.82, 2.24) is 4.90 Å². The number of carbonyl (C=O) groups excluding carboxylic acids is 2. The highest BCUT2D eigenvalue weighted by atomic mass is 16.5. The van der Waals surface area contributed by atoms with Crippen LogP contribution in [0.25, 0.3) is 0 Å². The van der Waals surface area contributed by atoms with Crippen molar-refractivity contribution in [3.8, 4) is 6.07 Å². The first kappa shape index (κ1) is 19.9. The minimum atomic E-state index is -0.285. The summed E-state index contributed by atoms with van der Waals surface area (Å²) in [6, 6.07) is 9.76. The molecule has 0 aromatic heterocycles. The van der Waals surface area contributed by atoms with Crippen LogP contribution in [0.3, 0.4) is 0 Å². The van der Waals surface area contributed by atoms with Gasteiger partial charge < -0.3 is 14.5 Å². The third-order valence-corrected chi connectivity index (χ3v) is 5.53. The summed E-state index contributed by atoms with van der Waals surface area (Å²) in [5.74, 6) is 0.0346. The maximum absolute atomic E-state index is 12.9. The molecule has 0 aliphatic carbocycles. The molecule has 2 saturated heterocycles. The summed E-state index contributed by atoms with van der Waals surface area (Å²) in [5.41, 5.74) is 2.84. The van der Waals surface area contributed by atoms with Gasteiger partial charge >= 0.3 is 5.97 Å². The first-order valence-corrected chi connectivity index (χ1v) is 10.0. The van der Waals surface area contributed by atoms with Crippen LogP contribution in [-0.2, 0) is 14.3 Å². The number of nitrogens with zero attached hydrogens (tertiary/aromatic N) is 3. The van der Waals surface area contributed by atoms with Crippen LogP contribution in [0.1, 0.15) is 38.2 Å². The molecule has 1 aromatic carbocycles. The number of ether oxygens (including phenoxy) is 1. The minimum Gasteiger partial charge on any atom is -0.463 e. The molecule has 0 unspecified atom stereocenters. The number of likely N-dealkylation sites (tertiary alicyclic amines) is 1. The van der Waals surface area contributed by atoms with Gasteiger partial charge in [-0.05, 0) is 56.9 Å². The van der Waals surface area contributed by atoms with Crippen molar-refractivity contribution >= 4 is 17.6 Å². The molecule has 2 aliphatic heterocycles. The Morgan fingerprint density at radius 3 is 2.36 bits per heavy atom. The second-order valence-electron chi connectivity index (χ2n) is 7.30. The van der Waals surface area contributed by atoms with Crippen LogP contribution in [0.5, 0.6) is 0 Å². The highest BCUT2D eigenvalue weighted by Gasteiger charge is 2.30. The highest BCUT2D eigenvalue weighted by molar-refractivity contribution is 5.83. The quantitative estimate of drug-likeness (QED) is 0.592. The number of esters is 1. The van der Waals surface area contributed by atoms with Crippen molar-refractivity contribution in [3.63, 3.8) is 0 Å². The topological polar surface area (TPSA) is 73.6 Å². The van der Waals surface area contributed by atoms with E-state index in [4.69, 9.17) is 10.00 Å². The zero-order valence-corrected chi connectivity index (χ0v) is 16.4. The van der Waals surface area contributed by atoms with Crippen LogP contribution in [-0.4, -0.2) is 49.6 Å². The average Bonchev–Trinajstić information content (AvgIpc) is 2.74. The van der Waals surface area contributed by atoms with E-state index in [0.29, 0.717) is 25.3 Å². The van der Waals surface area contributed by atoms with Crippen LogP contribution >= 0.6 is 0 Å². The lowest BCUT2D eigenvalue weighted by Crippen LogP contribution is -2.44. The molecular formula is C22H27N3O3. The fourth-order valence-corrected chi connectivity index (χ4v) is 3.90. The number of carbonyl (C=O) groups is 2. The Hall–Kier alpha value is -2.81. The van der Waals surface area contributed by atoms with E-state index in [-0.39, 0.29) is 17.8 Å². The van der Waals surface area contributed by atoms with E-state index in [1.807, 2.05) is 29.2 Å². The Balaban J connectivity index is 1.48. The summed E-state index contributed by atoms with van der Waals surface area (Å²) >= 11 is 0. The zero-order chi connectivity index (χ0) is 19.9. The van der Waals surface area contributed by atoms with E-state index in [1.54, 1.807) is 13.0 Å². The van der Waals surface area contributed by atoms with Crippen molar-refractivity contribution in [2.45, 2.75) is 32.6 Å². The molecule has 0 spiro atoms. The standard InChI is InChI=1S/C22H27N3O3/c1-2-28-21(26)15-17-7-11-25(12-8-17)22(27)19-9-13-24(14-10-19)20-5-3-18(16-23)4-6-20/h3-6,15,19H,2,7-14H2,1H3. The van der Waals surface area contributed by atoms with E-state index in [1.165, 1.54) is 0 Å². The van der Waals surface area contributed by atoms with Crippen LogP contribution < -0.4 is 4.90 Å². The third-order valence-electron chi connectivity index (χ3n) is 5.53. The van der Waals surface area contributed by atoms with Gasteiger partial charge in [0.05, 0.1) is 18.2 Å². The summed E-state index contributed by atoms with van der Waals surface area (Å²) in [6.07, 6.45) is 4.77. The highest BCUT2D eigenvalue weighted by Crippen LogP contribution is 2.26. The van der Waals surface area contributed by atoms with Crippen LogP contribution in [0.4, 0.5) is 5.69 Å². The van der Waals surface area contributed by atoms with E-state index in [2.05, 4.69) is 11.0 Å². The lowest BCUT2D eigenvalue weighted by Gasteiger charge is -2.37. The molecule has 6 nitrogen and oxygen atoms in total. The second-order valence-corrected chi connectivity index (χ2v) is 7.30. The maximum atomic E-state index is 12.9. The molecule has 0 radical (unpaired) electrons. The number of hydrogen-bond acceptors (Lipinski definition) is 5. The molecule has 1 amide bonds. The third kappa shape index (κ3) is 4.92. The van der Waals surface area contributed by atoms with Gasteiger partial charge in [0.1, 0.15) is 0 Å². The van der Waals surface area contributed by atoms with Crippen molar-refractivity contribution in [2.24, 2.45) is 5.92 Å². The van der Waals surface area contributed by atoms with E-state index in [9.17, 15) is 9.59 Å². The molecule has 0 saturated carbocycles. The fraction of sp³-hybridized carbons (Fsp3) is 0.500. The van der Waals surface area contributed by atoms with Gasteiger partial charge in [-0.25, -0.2) is 4.79 Å². The predicted octanol–water partition coefficient (Wildman–Crippen LogP) is 2.89. The first-order valence-electron chi connectivity index (χ1n) is 10.0. The van der Waals surface area contributed by atoms with Crippen LogP contribution in [0.2, 0.25) is 0 Å². The monoisotopic (exact) mass is 381 g/mol. The summed E-state index contributed by atoms with van der Waals surface area (Å²) in [6.45, 7) is 5.24. The molecule has 0 bridgehead atoms. The molecule has 148 valence electrons. The Morgan fingerprint density at radius 2 is 1.79 bits per heavy atom. The van der Waals surface area contributed by atoms with Gasteiger partial charge in [0.2, 0.25) is 5.91 Å². The molecular weight excluding hydrogens is 354 g/mol. The van der Waals surface area contributed by atoms with E-state index in [0.717, 1.165) is 50.0 Å². The Kier molecular flexibility index (Phi) is 6.70. The van der Waals surface area contributed by atoms with Crippen molar-refractivity contribution in [1.29, 1.82) is 5.26 Å². The summed E-state index contributed by atoms with van der Waals surface area (Å²) in [4.78, 5) is 28.7. The van der Waals surface area contributed by atoms with Gasteiger partial charge in [-0.15, -0.1) is 0 Å². The van der Waals surface area contributed by atoms with E-state index >= 15 is 0 Å².